The first-order valence-corrected chi connectivity index (χ1v) is 16.9. The number of hydrogen-bond acceptors (Lipinski definition) is 2. The van der Waals surface area contributed by atoms with Crippen molar-refractivity contribution in [3.63, 3.8) is 0 Å². The number of carbonyl (C=O) groups is 1. The van der Waals surface area contributed by atoms with E-state index in [2.05, 4.69) is 47.6 Å². The minimum atomic E-state index is -1.82. The SMILES string of the molecule is CCCC[Si](CCCC)(CCCC)O[C@@H]1CCC(C)(C)C2=CC[C@H]3CC(CC)=CC(=O)[C@H]3[C@H]21. The Morgan fingerprint density at radius 2 is 1.58 bits per heavy atom. The Morgan fingerprint density at radius 3 is 2.12 bits per heavy atom. The summed E-state index contributed by atoms with van der Waals surface area (Å²) < 4.78 is 7.52. The first kappa shape index (κ1) is 26.9. The second-order valence-corrected chi connectivity index (χ2v) is 16.1. The van der Waals surface area contributed by atoms with E-state index in [0.29, 0.717) is 17.6 Å². The van der Waals surface area contributed by atoms with Gasteiger partial charge < -0.3 is 4.43 Å². The molecule has 3 heteroatoms. The van der Waals surface area contributed by atoms with Crippen LogP contribution in [0.4, 0.5) is 0 Å². The first-order valence-electron chi connectivity index (χ1n) is 14.4. The zero-order valence-corrected chi connectivity index (χ0v) is 23.7. The Labute approximate surface area is 206 Å². The minimum Gasteiger partial charge on any atom is -0.413 e. The molecule has 3 aliphatic carbocycles. The van der Waals surface area contributed by atoms with E-state index in [4.69, 9.17) is 4.43 Å². The molecule has 0 aliphatic heterocycles. The predicted molar refractivity (Wildman–Crippen MR) is 144 cm³/mol. The van der Waals surface area contributed by atoms with Gasteiger partial charge in [0.05, 0.1) is 6.10 Å². The van der Waals surface area contributed by atoms with Gasteiger partial charge in [0, 0.05) is 11.8 Å². The summed E-state index contributed by atoms with van der Waals surface area (Å²) in [5, 5.41) is 0. The summed E-state index contributed by atoms with van der Waals surface area (Å²) in [4.78, 5) is 13.5. The van der Waals surface area contributed by atoms with Crippen molar-refractivity contribution in [2.24, 2.45) is 23.2 Å². The smallest absolute Gasteiger partial charge is 0.193 e. The molecule has 1 fully saturated rings. The highest BCUT2D eigenvalue weighted by Crippen LogP contribution is 2.55. The molecule has 1 saturated carbocycles. The van der Waals surface area contributed by atoms with E-state index in [0.717, 1.165) is 25.7 Å². The van der Waals surface area contributed by atoms with Crippen molar-refractivity contribution < 1.29 is 9.22 Å². The van der Waals surface area contributed by atoms with Crippen LogP contribution in [0.1, 0.15) is 112 Å². The Morgan fingerprint density at radius 1 is 0.970 bits per heavy atom. The van der Waals surface area contributed by atoms with Crippen LogP contribution in [0.3, 0.4) is 0 Å². The number of rotatable bonds is 12. The monoisotopic (exact) mass is 472 g/mol. The normalized spacial score (nSPS) is 29.2. The van der Waals surface area contributed by atoms with Crippen LogP contribution in [0, 0.1) is 23.2 Å². The third-order valence-electron chi connectivity index (χ3n) is 9.14. The van der Waals surface area contributed by atoms with Crippen LogP contribution in [0.2, 0.25) is 18.1 Å². The molecule has 188 valence electrons. The molecule has 0 aromatic heterocycles. The molecule has 0 bridgehead atoms. The zero-order chi connectivity index (χ0) is 24.1. The van der Waals surface area contributed by atoms with Gasteiger partial charge in [-0.1, -0.05) is 97.3 Å². The van der Waals surface area contributed by atoms with E-state index in [1.165, 1.54) is 68.7 Å². The van der Waals surface area contributed by atoms with E-state index < -0.39 is 8.32 Å². The third kappa shape index (κ3) is 6.12. The van der Waals surface area contributed by atoms with Gasteiger partial charge in [-0.2, -0.15) is 0 Å². The minimum absolute atomic E-state index is 0.153. The van der Waals surface area contributed by atoms with Gasteiger partial charge in [-0.3, -0.25) is 4.79 Å². The lowest BCUT2D eigenvalue weighted by atomic mass is 9.55. The highest BCUT2D eigenvalue weighted by molar-refractivity contribution is 6.73. The molecular formula is C30H52O2Si. The molecule has 0 unspecified atom stereocenters. The van der Waals surface area contributed by atoms with Crippen molar-refractivity contribution in [2.45, 2.75) is 136 Å². The average Bonchev–Trinajstić information content (AvgIpc) is 2.81. The van der Waals surface area contributed by atoms with Gasteiger partial charge in [0.1, 0.15) is 0 Å². The molecule has 0 heterocycles. The topological polar surface area (TPSA) is 26.3 Å². The number of carbonyl (C=O) groups excluding carboxylic acids is 1. The number of ketones is 1. The van der Waals surface area contributed by atoms with E-state index >= 15 is 0 Å². The van der Waals surface area contributed by atoms with Gasteiger partial charge in [-0.05, 0) is 67.6 Å². The maximum Gasteiger partial charge on any atom is 0.193 e. The van der Waals surface area contributed by atoms with Crippen LogP contribution in [-0.2, 0) is 9.22 Å². The second kappa shape index (κ2) is 11.8. The van der Waals surface area contributed by atoms with Crippen molar-refractivity contribution >= 4 is 14.1 Å². The summed E-state index contributed by atoms with van der Waals surface area (Å²) in [6.45, 7) is 14.0. The lowest BCUT2D eigenvalue weighted by Crippen LogP contribution is -2.53. The number of unbranched alkanes of at least 4 members (excludes halogenated alkanes) is 3. The van der Waals surface area contributed by atoms with Crippen LogP contribution in [-0.4, -0.2) is 20.2 Å². The number of hydrogen-bond donors (Lipinski definition) is 0. The summed E-state index contributed by atoms with van der Waals surface area (Å²) in [6.07, 6.45) is 18.1. The van der Waals surface area contributed by atoms with Gasteiger partial charge in [-0.15, -0.1) is 0 Å². The third-order valence-corrected chi connectivity index (χ3v) is 13.7. The fourth-order valence-electron chi connectivity index (χ4n) is 7.09. The lowest BCUT2D eigenvalue weighted by molar-refractivity contribution is -0.125. The Balaban J connectivity index is 1.95. The molecule has 3 rings (SSSR count). The summed E-state index contributed by atoms with van der Waals surface area (Å²) in [5.41, 5.74) is 3.12. The molecule has 0 N–H and O–H groups in total. The van der Waals surface area contributed by atoms with Crippen molar-refractivity contribution in [3.8, 4) is 0 Å². The van der Waals surface area contributed by atoms with Gasteiger partial charge in [0.15, 0.2) is 14.1 Å². The van der Waals surface area contributed by atoms with Gasteiger partial charge in [-0.25, -0.2) is 0 Å². The molecule has 2 nitrogen and oxygen atoms in total. The van der Waals surface area contributed by atoms with Crippen molar-refractivity contribution in [1.82, 2.24) is 0 Å². The molecule has 33 heavy (non-hydrogen) atoms. The molecule has 0 radical (unpaired) electrons. The predicted octanol–water partition coefficient (Wildman–Crippen LogP) is 9.03. The molecule has 3 aliphatic rings. The molecule has 0 aromatic rings. The fraction of sp³-hybridized carbons (Fsp3) is 0.833. The molecule has 0 amide bonds. The van der Waals surface area contributed by atoms with Crippen LogP contribution in [0.15, 0.2) is 23.3 Å². The van der Waals surface area contributed by atoms with Crippen molar-refractivity contribution in [1.29, 1.82) is 0 Å². The Bertz CT molecular complexity index is 697. The Kier molecular flexibility index (Phi) is 9.66. The summed E-state index contributed by atoms with van der Waals surface area (Å²) >= 11 is 0. The number of fused-ring (bicyclic) bond motifs is 3. The number of allylic oxidation sites excluding steroid dienone is 3. The molecule has 0 saturated heterocycles. The molecular weight excluding hydrogens is 420 g/mol. The zero-order valence-electron chi connectivity index (χ0n) is 22.7. The van der Waals surface area contributed by atoms with Crippen LogP contribution < -0.4 is 0 Å². The molecule has 0 aromatic carbocycles. The van der Waals surface area contributed by atoms with E-state index in [1.807, 2.05) is 6.08 Å². The first-order chi connectivity index (χ1) is 15.8. The molecule has 4 atom stereocenters. The van der Waals surface area contributed by atoms with Crippen molar-refractivity contribution in [3.05, 3.63) is 23.3 Å². The largest absolute Gasteiger partial charge is 0.413 e. The second-order valence-electron chi connectivity index (χ2n) is 12.0. The maximum atomic E-state index is 13.5. The van der Waals surface area contributed by atoms with E-state index in [9.17, 15) is 4.79 Å². The van der Waals surface area contributed by atoms with Crippen LogP contribution in [0.5, 0.6) is 0 Å². The Hall–Kier alpha value is -0.673. The summed E-state index contributed by atoms with van der Waals surface area (Å²) in [6, 6.07) is 3.95. The lowest BCUT2D eigenvalue weighted by Gasteiger charge is -2.53. The van der Waals surface area contributed by atoms with Crippen LogP contribution in [0.25, 0.3) is 0 Å². The quantitative estimate of drug-likeness (QED) is 0.209. The summed E-state index contributed by atoms with van der Waals surface area (Å²) in [7, 11) is -1.82. The fourth-order valence-corrected chi connectivity index (χ4v) is 12.1. The summed E-state index contributed by atoms with van der Waals surface area (Å²) in [5.74, 6) is 1.36. The van der Waals surface area contributed by atoms with Gasteiger partial charge in [0.25, 0.3) is 0 Å². The van der Waals surface area contributed by atoms with Gasteiger partial charge in [0.2, 0.25) is 0 Å². The van der Waals surface area contributed by atoms with Crippen LogP contribution >= 0.6 is 0 Å². The highest BCUT2D eigenvalue weighted by atomic mass is 28.4. The van der Waals surface area contributed by atoms with Crippen molar-refractivity contribution in [2.75, 3.05) is 0 Å². The molecule has 0 spiro atoms. The van der Waals surface area contributed by atoms with Gasteiger partial charge >= 0.3 is 0 Å². The highest BCUT2D eigenvalue weighted by Gasteiger charge is 2.52. The maximum absolute atomic E-state index is 13.5. The average molecular weight is 473 g/mol. The van der Waals surface area contributed by atoms with E-state index in [1.54, 1.807) is 5.57 Å². The standard InChI is InChI=1S/C30H52O2Si/c1-7-11-18-33(19-12-8-2,20-13-9-3)32-27-16-17-30(5,6)25-15-14-24-21-23(10-4)22-26(31)28(24)29(25)27/h15,22,24,27-29H,7-14,16-21H2,1-6H3/t24-,27+,28-,29+/m0/s1. The van der Waals surface area contributed by atoms with E-state index in [-0.39, 0.29) is 17.4 Å².